The third-order valence-corrected chi connectivity index (χ3v) is 0. The summed E-state index contributed by atoms with van der Waals surface area (Å²) in [5.74, 6) is 0. The van der Waals surface area contributed by atoms with Crippen molar-refractivity contribution in [3.8, 4) is 0 Å². The summed E-state index contributed by atoms with van der Waals surface area (Å²) in [5.41, 5.74) is 0. The first kappa shape index (κ1) is 12.0. The fraction of sp³-hybridized carbons (Fsp3) is 1.00. The summed E-state index contributed by atoms with van der Waals surface area (Å²) in [6.07, 6.45) is 0. The monoisotopic (exact) mass is 229 g/mol. The Balaban J connectivity index is 0. The molecule has 0 atom stereocenters. The van der Waals surface area contributed by atoms with E-state index in [0.29, 0.717) is 0 Å². The predicted molar refractivity (Wildman–Crippen MR) is 27.0 cm³/mol. The first-order valence-electron chi connectivity index (χ1n) is 1.34. The molecule has 0 amide bonds. The van der Waals surface area contributed by atoms with Gasteiger partial charge in [0.1, 0.15) is 0 Å². The molecule has 0 saturated carbocycles. The standard InChI is InChI=1S/CBrF3.HO3P/c2-1(3,4)5;1-4(2)3/h;(H-,1,2,3)/p+1. The minimum absolute atomic E-state index is 1.38. The second-order valence-corrected chi connectivity index (χ2v) is 2.09. The van der Waals surface area contributed by atoms with Crippen LogP contribution in [0.2, 0.25) is 0 Å². The maximum atomic E-state index is 10.3. The first-order chi connectivity index (χ1) is 3.73. The molecule has 9 heavy (non-hydrogen) atoms. The van der Waals surface area contributed by atoms with Gasteiger partial charge in [0.2, 0.25) is 0 Å². The fourth-order valence-electron chi connectivity index (χ4n) is 0. The van der Waals surface area contributed by atoms with Crippen molar-refractivity contribution in [2.75, 3.05) is 0 Å². The molecule has 0 saturated heterocycles. The van der Waals surface area contributed by atoms with Gasteiger partial charge in [-0.1, -0.05) is 0 Å². The molecule has 0 aromatic rings. The zero-order chi connectivity index (χ0) is 8.08. The lowest BCUT2D eigenvalue weighted by Crippen LogP contribution is -1.88. The summed E-state index contributed by atoms with van der Waals surface area (Å²) < 4.78 is 39.5. The lowest BCUT2D eigenvalue weighted by Gasteiger charge is -1.85. The summed E-state index contributed by atoms with van der Waals surface area (Å²) >= 11 is 1.38. The van der Waals surface area contributed by atoms with Crippen molar-refractivity contribution in [2.24, 2.45) is 0 Å². The SMILES string of the molecule is FC(F)(F)Br.O=[P+](O)O. The zero-order valence-electron chi connectivity index (χ0n) is 3.76. The third-order valence-electron chi connectivity index (χ3n) is 0. The highest BCUT2D eigenvalue weighted by molar-refractivity contribution is 9.09. The van der Waals surface area contributed by atoms with Crippen LogP contribution >= 0.6 is 24.2 Å². The van der Waals surface area contributed by atoms with Gasteiger partial charge in [-0.15, -0.1) is 9.79 Å². The summed E-state index contributed by atoms with van der Waals surface area (Å²) in [5, 5.41) is -4.19. The van der Waals surface area contributed by atoms with Crippen molar-refractivity contribution >= 4 is 24.2 Å². The number of halogens is 4. The van der Waals surface area contributed by atoms with Gasteiger partial charge >= 0.3 is 13.3 Å². The Bertz CT molecular complexity index is 81.5. The molecule has 0 rings (SSSR count). The van der Waals surface area contributed by atoms with E-state index < -0.39 is 13.3 Å². The summed E-state index contributed by atoms with van der Waals surface area (Å²) in [4.78, 5) is 14.2. The minimum atomic E-state index is -4.19. The van der Waals surface area contributed by atoms with Gasteiger partial charge in [0, 0.05) is 20.5 Å². The molecule has 0 aliphatic carbocycles. The average molecular weight is 230 g/mol. The molecule has 0 heterocycles. The van der Waals surface area contributed by atoms with Crippen LogP contribution in [0.5, 0.6) is 0 Å². The van der Waals surface area contributed by atoms with Crippen molar-refractivity contribution in [1.29, 1.82) is 0 Å². The molecule has 0 unspecified atom stereocenters. The molecule has 0 aromatic heterocycles. The van der Waals surface area contributed by atoms with Crippen LogP contribution in [-0.2, 0) is 4.57 Å². The minimum Gasteiger partial charge on any atom is -0.160 e. The lowest BCUT2D eigenvalue weighted by molar-refractivity contribution is -0.0245. The van der Waals surface area contributed by atoms with Crippen molar-refractivity contribution < 1.29 is 27.5 Å². The predicted octanol–water partition coefficient (Wildman–Crippen LogP) is 1.53. The Morgan fingerprint density at radius 2 is 1.33 bits per heavy atom. The second-order valence-electron chi connectivity index (χ2n) is 0.681. The maximum absolute atomic E-state index is 10.3. The van der Waals surface area contributed by atoms with Crippen LogP contribution in [-0.4, -0.2) is 14.9 Å². The molecular weight excluding hydrogens is 228 g/mol. The van der Waals surface area contributed by atoms with Gasteiger partial charge in [0.05, 0.1) is 0 Å². The molecule has 0 radical (unpaired) electrons. The van der Waals surface area contributed by atoms with Gasteiger partial charge in [-0.05, 0) is 0 Å². The lowest BCUT2D eigenvalue weighted by atomic mass is 11.6. The van der Waals surface area contributed by atoms with E-state index in [4.69, 9.17) is 14.4 Å². The Kier molecular flexibility index (Phi) is 6.81. The van der Waals surface area contributed by atoms with Gasteiger partial charge in [-0.3, -0.25) is 0 Å². The van der Waals surface area contributed by atoms with Gasteiger partial charge in [0.25, 0.3) is 0 Å². The molecular formula is CH2BrF3O3P+. The van der Waals surface area contributed by atoms with Crippen LogP contribution in [0.15, 0.2) is 0 Å². The molecule has 2 N–H and O–H groups in total. The summed E-state index contributed by atoms with van der Waals surface area (Å²) in [7, 11) is -2.87. The highest BCUT2D eigenvalue weighted by Crippen LogP contribution is 2.21. The van der Waals surface area contributed by atoms with Gasteiger partial charge < -0.3 is 0 Å². The topological polar surface area (TPSA) is 57.5 Å². The van der Waals surface area contributed by atoms with Crippen LogP contribution in [0.4, 0.5) is 13.2 Å². The summed E-state index contributed by atoms with van der Waals surface area (Å²) in [6, 6.07) is 0. The Morgan fingerprint density at radius 1 is 1.33 bits per heavy atom. The summed E-state index contributed by atoms with van der Waals surface area (Å²) in [6.45, 7) is 0. The van der Waals surface area contributed by atoms with E-state index in [1.165, 1.54) is 15.9 Å². The van der Waals surface area contributed by atoms with Crippen molar-refractivity contribution in [1.82, 2.24) is 0 Å². The van der Waals surface area contributed by atoms with E-state index in [0.717, 1.165) is 0 Å². The highest BCUT2D eigenvalue weighted by atomic mass is 79.9. The maximum Gasteiger partial charge on any atom is 0.692 e. The van der Waals surface area contributed by atoms with E-state index in [-0.39, 0.29) is 0 Å². The molecule has 0 fully saturated rings. The smallest absolute Gasteiger partial charge is 0.160 e. The third kappa shape index (κ3) is 3900. The molecule has 0 aliphatic heterocycles. The van der Waals surface area contributed by atoms with Crippen LogP contribution in [0.3, 0.4) is 0 Å². The van der Waals surface area contributed by atoms with E-state index in [1.54, 1.807) is 0 Å². The van der Waals surface area contributed by atoms with Crippen LogP contribution in [0.1, 0.15) is 0 Å². The van der Waals surface area contributed by atoms with E-state index in [2.05, 4.69) is 0 Å². The number of rotatable bonds is 0. The van der Waals surface area contributed by atoms with Crippen LogP contribution in [0, 0.1) is 0 Å². The Labute approximate surface area is 57.6 Å². The first-order valence-corrected chi connectivity index (χ1v) is 3.30. The van der Waals surface area contributed by atoms with E-state index in [9.17, 15) is 13.2 Å². The fourth-order valence-corrected chi connectivity index (χ4v) is 0. The molecule has 0 aliphatic rings. The molecule has 0 bridgehead atoms. The van der Waals surface area contributed by atoms with E-state index >= 15 is 0 Å². The number of alkyl halides is 4. The number of hydrogen-bond donors (Lipinski definition) is 2. The highest BCUT2D eigenvalue weighted by Gasteiger charge is 2.19. The largest absolute Gasteiger partial charge is 0.692 e. The average Bonchev–Trinajstić information content (AvgIpc) is 1.19. The Hall–Kier alpha value is 0.290. The van der Waals surface area contributed by atoms with Gasteiger partial charge in [0.15, 0.2) is 0 Å². The van der Waals surface area contributed by atoms with Gasteiger partial charge in [-0.25, -0.2) is 0 Å². The van der Waals surface area contributed by atoms with Crippen molar-refractivity contribution in [3.63, 3.8) is 0 Å². The number of hydrogen-bond acceptors (Lipinski definition) is 1. The van der Waals surface area contributed by atoms with Gasteiger partial charge in [-0.2, -0.15) is 13.2 Å². The molecule has 0 aromatic carbocycles. The quantitative estimate of drug-likeness (QED) is 0.490. The second kappa shape index (κ2) is 5.10. The van der Waals surface area contributed by atoms with Crippen LogP contribution in [0.25, 0.3) is 0 Å². The van der Waals surface area contributed by atoms with Crippen molar-refractivity contribution in [2.45, 2.75) is 5.09 Å². The normalized spacial score (nSPS) is 9.56. The van der Waals surface area contributed by atoms with Crippen molar-refractivity contribution in [3.05, 3.63) is 0 Å². The molecule has 56 valence electrons. The Morgan fingerprint density at radius 3 is 1.33 bits per heavy atom. The van der Waals surface area contributed by atoms with E-state index in [1.807, 2.05) is 0 Å². The molecule has 0 spiro atoms. The molecule has 8 heteroatoms. The zero-order valence-corrected chi connectivity index (χ0v) is 6.24. The van der Waals surface area contributed by atoms with Crippen LogP contribution < -0.4 is 0 Å². The molecule has 3 nitrogen and oxygen atoms in total.